The summed E-state index contributed by atoms with van der Waals surface area (Å²) in [5.74, 6) is -0.324. The average Bonchev–Trinajstić information content (AvgIpc) is 3.54. The van der Waals surface area contributed by atoms with Gasteiger partial charge in [0.15, 0.2) is 5.65 Å². The molecule has 0 radical (unpaired) electrons. The Kier molecular flexibility index (Phi) is 6.15. The van der Waals surface area contributed by atoms with Crippen molar-refractivity contribution in [1.82, 2.24) is 19.7 Å². The maximum absolute atomic E-state index is 13.6. The lowest BCUT2D eigenvalue weighted by atomic mass is 10.1. The maximum Gasteiger partial charge on any atom is 0.256 e. The Bertz CT molecular complexity index is 1340. The molecule has 34 heavy (non-hydrogen) atoms. The molecular formula is C26H27N5O2S. The van der Waals surface area contributed by atoms with Crippen LogP contribution in [0.4, 0.5) is 5.69 Å². The fourth-order valence-electron chi connectivity index (χ4n) is 4.37. The summed E-state index contributed by atoms with van der Waals surface area (Å²) in [7, 11) is 0. The first-order valence-electron chi connectivity index (χ1n) is 11.6. The van der Waals surface area contributed by atoms with Gasteiger partial charge in [0.25, 0.3) is 11.8 Å². The van der Waals surface area contributed by atoms with Crippen LogP contribution in [0.2, 0.25) is 0 Å². The van der Waals surface area contributed by atoms with Crippen molar-refractivity contribution in [3.63, 3.8) is 0 Å². The molecule has 1 saturated heterocycles. The van der Waals surface area contributed by atoms with E-state index in [1.807, 2.05) is 59.1 Å². The number of aromatic nitrogens is 3. The van der Waals surface area contributed by atoms with Gasteiger partial charge in [-0.3, -0.25) is 9.59 Å². The number of carbonyl (C=O) groups excluding carboxylic acids is 2. The molecule has 1 aliphatic rings. The number of hydrogen-bond donors (Lipinski definition) is 1. The number of nitrogens with one attached hydrogen (secondary N) is 1. The Hall–Kier alpha value is -3.52. The lowest BCUT2D eigenvalue weighted by Crippen LogP contribution is -2.36. The first kappa shape index (κ1) is 22.3. The summed E-state index contributed by atoms with van der Waals surface area (Å²) < 4.78 is 1.83. The van der Waals surface area contributed by atoms with E-state index in [0.717, 1.165) is 42.9 Å². The van der Waals surface area contributed by atoms with E-state index in [1.165, 1.54) is 0 Å². The molecule has 3 aromatic heterocycles. The minimum Gasteiger partial charge on any atom is -0.339 e. The predicted molar refractivity (Wildman–Crippen MR) is 135 cm³/mol. The van der Waals surface area contributed by atoms with Gasteiger partial charge in [-0.2, -0.15) is 5.10 Å². The van der Waals surface area contributed by atoms with Crippen LogP contribution in [0.15, 0.2) is 54.0 Å². The number of para-hydroxylation sites is 1. The molecule has 1 fully saturated rings. The molecule has 0 saturated carbocycles. The predicted octanol–water partition coefficient (Wildman–Crippen LogP) is 5.62. The summed E-state index contributed by atoms with van der Waals surface area (Å²) in [5.41, 5.74) is 2.92. The molecule has 4 heterocycles. The molecule has 0 atom stereocenters. The number of likely N-dealkylation sites (tertiary alicyclic amines) is 1. The number of amides is 2. The zero-order chi connectivity index (χ0) is 23.7. The van der Waals surface area contributed by atoms with Gasteiger partial charge >= 0.3 is 0 Å². The Morgan fingerprint density at radius 2 is 1.82 bits per heavy atom. The summed E-state index contributed by atoms with van der Waals surface area (Å²) in [6.07, 6.45) is 4.87. The van der Waals surface area contributed by atoms with Crippen molar-refractivity contribution < 1.29 is 9.59 Å². The van der Waals surface area contributed by atoms with E-state index in [1.54, 1.807) is 29.7 Å². The third-order valence-corrected chi connectivity index (χ3v) is 7.02. The SMILES string of the molecule is CC(C)n1ncc2c(C(=O)Nc3ccccc3C(=O)N3CCCCC3)cc(-c3cccs3)nc21. The number of benzene rings is 1. The second-order valence-electron chi connectivity index (χ2n) is 8.81. The molecule has 0 aliphatic carbocycles. The molecule has 7 nitrogen and oxygen atoms in total. The van der Waals surface area contributed by atoms with Crippen molar-refractivity contribution in [2.75, 3.05) is 18.4 Å². The average molecular weight is 474 g/mol. The zero-order valence-corrected chi connectivity index (χ0v) is 20.1. The first-order valence-corrected chi connectivity index (χ1v) is 12.5. The minimum absolute atomic E-state index is 0.0395. The molecule has 1 aliphatic heterocycles. The van der Waals surface area contributed by atoms with Crippen LogP contribution in [-0.2, 0) is 0 Å². The van der Waals surface area contributed by atoms with E-state index in [4.69, 9.17) is 4.98 Å². The van der Waals surface area contributed by atoms with E-state index in [9.17, 15) is 9.59 Å². The number of fused-ring (bicyclic) bond motifs is 1. The molecule has 0 spiro atoms. The Balaban J connectivity index is 1.53. The second-order valence-corrected chi connectivity index (χ2v) is 9.75. The lowest BCUT2D eigenvalue weighted by molar-refractivity contribution is 0.0725. The van der Waals surface area contributed by atoms with Crippen molar-refractivity contribution in [2.24, 2.45) is 0 Å². The molecule has 4 aromatic rings. The van der Waals surface area contributed by atoms with Gasteiger partial charge in [-0.25, -0.2) is 9.67 Å². The van der Waals surface area contributed by atoms with E-state index < -0.39 is 0 Å². The fourth-order valence-corrected chi connectivity index (χ4v) is 5.06. The van der Waals surface area contributed by atoms with E-state index >= 15 is 0 Å². The molecule has 0 bridgehead atoms. The van der Waals surface area contributed by atoms with Gasteiger partial charge in [-0.1, -0.05) is 18.2 Å². The minimum atomic E-state index is -0.285. The molecule has 8 heteroatoms. The number of rotatable bonds is 5. The summed E-state index contributed by atoms with van der Waals surface area (Å²) in [6, 6.07) is 13.1. The summed E-state index contributed by atoms with van der Waals surface area (Å²) >= 11 is 1.57. The molecule has 174 valence electrons. The summed E-state index contributed by atoms with van der Waals surface area (Å²) in [6.45, 7) is 5.58. The standard InChI is InChI=1S/C26H27N5O2S/c1-17(2)31-24-20(16-27-31)19(15-22(28-24)23-11-8-14-34-23)25(32)29-21-10-5-4-9-18(21)26(33)30-12-6-3-7-13-30/h4-5,8-11,14-17H,3,6-7,12-13H2,1-2H3,(H,29,32). The van der Waals surface area contributed by atoms with Crippen molar-refractivity contribution in [2.45, 2.75) is 39.2 Å². The zero-order valence-electron chi connectivity index (χ0n) is 19.3. The van der Waals surface area contributed by atoms with Gasteiger partial charge in [0.05, 0.1) is 39.0 Å². The van der Waals surface area contributed by atoms with Crippen molar-refractivity contribution in [3.8, 4) is 10.6 Å². The van der Waals surface area contributed by atoms with Gasteiger partial charge in [0.1, 0.15) is 0 Å². The van der Waals surface area contributed by atoms with Gasteiger partial charge < -0.3 is 10.2 Å². The van der Waals surface area contributed by atoms with Gasteiger partial charge in [0, 0.05) is 19.1 Å². The number of piperidine rings is 1. The topological polar surface area (TPSA) is 80.1 Å². The van der Waals surface area contributed by atoms with Crippen molar-refractivity contribution in [1.29, 1.82) is 0 Å². The third-order valence-electron chi connectivity index (χ3n) is 6.12. The largest absolute Gasteiger partial charge is 0.339 e. The number of anilines is 1. The summed E-state index contributed by atoms with van der Waals surface area (Å²) in [5, 5.41) is 10.2. The number of nitrogens with zero attached hydrogens (tertiary/aromatic N) is 4. The Morgan fingerprint density at radius 3 is 2.56 bits per heavy atom. The number of hydrogen-bond acceptors (Lipinski definition) is 5. The van der Waals surface area contributed by atoms with Gasteiger partial charge in [-0.05, 0) is 62.8 Å². The highest BCUT2D eigenvalue weighted by molar-refractivity contribution is 7.13. The fraction of sp³-hybridized carbons (Fsp3) is 0.308. The van der Waals surface area contributed by atoms with Crippen molar-refractivity contribution >= 4 is 39.9 Å². The second kappa shape index (κ2) is 9.38. The van der Waals surface area contributed by atoms with Crippen LogP contribution in [0.5, 0.6) is 0 Å². The molecule has 2 amide bonds. The van der Waals surface area contributed by atoms with Crippen LogP contribution in [0, 0.1) is 0 Å². The van der Waals surface area contributed by atoms with Gasteiger partial charge in [-0.15, -0.1) is 11.3 Å². The monoisotopic (exact) mass is 473 g/mol. The van der Waals surface area contributed by atoms with Crippen LogP contribution >= 0.6 is 11.3 Å². The molecule has 1 aromatic carbocycles. The van der Waals surface area contributed by atoms with Crippen LogP contribution in [-0.4, -0.2) is 44.6 Å². The first-order chi connectivity index (χ1) is 16.5. The van der Waals surface area contributed by atoms with Crippen LogP contribution < -0.4 is 5.32 Å². The lowest BCUT2D eigenvalue weighted by Gasteiger charge is -2.27. The highest BCUT2D eigenvalue weighted by Gasteiger charge is 2.23. The highest BCUT2D eigenvalue weighted by atomic mass is 32.1. The van der Waals surface area contributed by atoms with Gasteiger partial charge in [0.2, 0.25) is 0 Å². The smallest absolute Gasteiger partial charge is 0.256 e. The molecule has 1 N–H and O–H groups in total. The number of pyridine rings is 1. The quantitative estimate of drug-likeness (QED) is 0.408. The Labute approximate surface area is 202 Å². The van der Waals surface area contributed by atoms with Crippen LogP contribution in [0.25, 0.3) is 21.6 Å². The van der Waals surface area contributed by atoms with E-state index in [-0.39, 0.29) is 17.9 Å². The molecular weight excluding hydrogens is 446 g/mol. The van der Waals surface area contributed by atoms with Crippen LogP contribution in [0.3, 0.4) is 0 Å². The highest BCUT2D eigenvalue weighted by Crippen LogP contribution is 2.30. The van der Waals surface area contributed by atoms with E-state index in [0.29, 0.717) is 27.8 Å². The normalized spacial score (nSPS) is 14.0. The molecule has 5 rings (SSSR count). The maximum atomic E-state index is 13.6. The van der Waals surface area contributed by atoms with Crippen LogP contribution in [0.1, 0.15) is 59.9 Å². The molecule has 0 unspecified atom stereocenters. The summed E-state index contributed by atoms with van der Waals surface area (Å²) in [4.78, 5) is 34.5. The Morgan fingerprint density at radius 1 is 1.03 bits per heavy atom. The van der Waals surface area contributed by atoms with Crippen molar-refractivity contribution in [3.05, 3.63) is 65.2 Å². The third kappa shape index (κ3) is 4.21. The van der Waals surface area contributed by atoms with E-state index in [2.05, 4.69) is 10.4 Å². The number of carbonyl (C=O) groups is 2. The number of thiophene rings is 1.